The molecule has 2 aromatic rings. The van der Waals surface area contributed by atoms with Crippen LogP contribution < -0.4 is 5.32 Å². The minimum Gasteiger partial charge on any atom is -0.480 e. The molecule has 0 fully saturated rings. The third-order valence-corrected chi connectivity index (χ3v) is 3.14. The molecule has 1 atom stereocenters. The molecule has 0 saturated carbocycles. The highest BCUT2D eigenvalue weighted by atomic mass is 16.4. The van der Waals surface area contributed by atoms with Gasteiger partial charge in [-0.05, 0) is 26.3 Å². The van der Waals surface area contributed by atoms with Crippen molar-refractivity contribution in [2.45, 2.75) is 33.4 Å². The molecule has 1 aromatic heterocycles. The smallest absolute Gasteiger partial charge is 0.325 e. The van der Waals surface area contributed by atoms with Crippen molar-refractivity contribution in [3.8, 4) is 0 Å². The van der Waals surface area contributed by atoms with Crippen molar-refractivity contribution in [1.82, 2.24) is 10.3 Å². The highest BCUT2D eigenvalue weighted by Crippen LogP contribution is 2.18. The van der Waals surface area contributed by atoms with Crippen molar-refractivity contribution in [1.29, 1.82) is 0 Å². The third kappa shape index (κ3) is 3.24. The Balaban J connectivity index is 2.19. The minimum atomic E-state index is -0.910. The zero-order chi connectivity index (χ0) is 14.7. The van der Waals surface area contributed by atoms with Crippen molar-refractivity contribution in [2.75, 3.05) is 0 Å². The summed E-state index contributed by atoms with van der Waals surface area (Å²) in [5.74, 6) is -0.257. The third-order valence-electron chi connectivity index (χ3n) is 3.14. The first kappa shape index (κ1) is 14.3. The number of hydrogen-bond acceptors (Lipinski definition) is 4. The number of hydrogen-bond donors (Lipinski definition) is 2. The Kier molecular flexibility index (Phi) is 4.20. The topological polar surface area (TPSA) is 75.4 Å². The molecular formula is C15H18N2O3. The predicted molar refractivity (Wildman–Crippen MR) is 74.4 cm³/mol. The molecule has 0 aliphatic heterocycles. The first-order chi connectivity index (χ1) is 9.47. The van der Waals surface area contributed by atoms with E-state index in [2.05, 4.69) is 10.3 Å². The molecule has 106 valence electrons. The lowest BCUT2D eigenvalue weighted by molar-refractivity contribution is -0.139. The summed E-state index contributed by atoms with van der Waals surface area (Å²) in [5.41, 5.74) is 3.60. The summed E-state index contributed by atoms with van der Waals surface area (Å²) >= 11 is 0. The first-order valence-electron chi connectivity index (χ1n) is 6.40. The van der Waals surface area contributed by atoms with Crippen LogP contribution in [0.3, 0.4) is 0 Å². The Morgan fingerprint density at radius 1 is 1.30 bits per heavy atom. The minimum absolute atomic E-state index is 0.329. The Morgan fingerprint density at radius 3 is 2.45 bits per heavy atom. The normalized spacial score (nSPS) is 12.3. The molecule has 0 spiro atoms. The molecule has 1 unspecified atom stereocenters. The standard InChI is InChI=1S/C15H18N2O3/c1-9-4-10(2)6-12(5-9)14(15(18)19)16-7-13-11(3)17-8-20-13/h4-6,8,14,16H,7H2,1-3H3,(H,18,19). The van der Waals surface area contributed by atoms with Crippen molar-refractivity contribution in [3.63, 3.8) is 0 Å². The molecule has 0 aliphatic rings. The lowest BCUT2D eigenvalue weighted by atomic mass is 10.0. The van der Waals surface area contributed by atoms with Crippen LogP contribution in [0.25, 0.3) is 0 Å². The number of nitrogens with zero attached hydrogens (tertiary/aromatic N) is 1. The van der Waals surface area contributed by atoms with Gasteiger partial charge in [-0.3, -0.25) is 10.1 Å². The fourth-order valence-electron chi connectivity index (χ4n) is 2.21. The van der Waals surface area contributed by atoms with Gasteiger partial charge >= 0.3 is 5.97 Å². The van der Waals surface area contributed by atoms with Crippen LogP contribution in [0.4, 0.5) is 0 Å². The van der Waals surface area contributed by atoms with Gasteiger partial charge in [0.2, 0.25) is 0 Å². The van der Waals surface area contributed by atoms with Crippen LogP contribution >= 0.6 is 0 Å². The Morgan fingerprint density at radius 2 is 1.95 bits per heavy atom. The average Bonchev–Trinajstić information content (AvgIpc) is 2.73. The van der Waals surface area contributed by atoms with E-state index in [9.17, 15) is 9.90 Å². The Bertz CT molecular complexity index is 599. The number of carboxylic acid groups (broad SMARTS) is 1. The van der Waals surface area contributed by atoms with E-state index in [4.69, 9.17) is 4.42 Å². The van der Waals surface area contributed by atoms with Crippen LogP contribution in [0.15, 0.2) is 29.0 Å². The zero-order valence-corrected chi connectivity index (χ0v) is 11.8. The summed E-state index contributed by atoms with van der Waals surface area (Å²) in [7, 11) is 0. The number of rotatable bonds is 5. The SMILES string of the molecule is Cc1cc(C)cc(C(NCc2ocnc2C)C(=O)O)c1. The van der Waals surface area contributed by atoms with Crippen molar-refractivity contribution in [2.24, 2.45) is 0 Å². The fraction of sp³-hybridized carbons (Fsp3) is 0.333. The summed E-state index contributed by atoms with van der Waals surface area (Å²) in [5, 5.41) is 12.4. The van der Waals surface area contributed by atoms with Crippen LogP contribution in [-0.2, 0) is 11.3 Å². The quantitative estimate of drug-likeness (QED) is 0.876. The molecule has 20 heavy (non-hydrogen) atoms. The number of aryl methyl sites for hydroxylation is 3. The number of carboxylic acids is 1. The molecule has 1 aromatic carbocycles. The van der Waals surface area contributed by atoms with Crippen molar-refractivity contribution >= 4 is 5.97 Å². The molecule has 2 N–H and O–H groups in total. The molecule has 2 rings (SSSR count). The molecule has 0 aliphatic carbocycles. The molecule has 5 nitrogen and oxygen atoms in total. The maximum absolute atomic E-state index is 11.5. The maximum Gasteiger partial charge on any atom is 0.325 e. The summed E-state index contributed by atoms with van der Waals surface area (Å²) in [4.78, 5) is 15.4. The monoisotopic (exact) mass is 274 g/mol. The van der Waals surface area contributed by atoms with Crippen LogP contribution in [0.2, 0.25) is 0 Å². The van der Waals surface area contributed by atoms with Gasteiger partial charge in [-0.15, -0.1) is 0 Å². The molecule has 5 heteroatoms. The summed E-state index contributed by atoms with van der Waals surface area (Å²) < 4.78 is 5.21. The number of aliphatic carboxylic acids is 1. The summed E-state index contributed by atoms with van der Waals surface area (Å²) in [6.07, 6.45) is 1.36. The van der Waals surface area contributed by atoms with Crippen molar-refractivity contribution in [3.05, 3.63) is 52.7 Å². The molecule has 0 amide bonds. The summed E-state index contributed by atoms with van der Waals surface area (Å²) in [6.45, 7) is 6.06. The first-order valence-corrected chi connectivity index (χ1v) is 6.40. The van der Waals surface area contributed by atoms with Gasteiger partial charge in [0.25, 0.3) is 0 Å². The van der Waals surface area contributed by atoms with E-state index in [1.807, 2.05) is 39.0 Å². The van der Waals surface area contributed by atoms with Crippen LogP contribution in [-0.4, -0.2) is 16.1 Å². The van der Waals surface area contributed by atoms with Gasteiger partial charge in [-0.1, -0.05) is 29.3 Å². The summed E-state index contributed by atoms with van der Waals surface area (Å²) in [6, 6.07) is 5.01. The average molecular weight is 274 g/mol. The highest BCUT2D eigenvalue weighted by Gasteiger charge is 2.20. The van der Waals surface area contributed by atoms with Gasteiger partial charge < -0.3 is 9.52 Å². The predicted octanol–water partition coefficient (Wildman–Crippen LogP) is 2.52. The molecule has 0 bridgehead atoms. The number of aromatic nitrogens is 1. The van der Waals surface area contributed by atoms with Gasteiger partial charge in [0, 0.05) is 0 Å². The highest BCUT2D eigenvalue weighted by molar-refractivity contribution is 5.75. The van der Waals surface area contributed by atoms with E-state index < -0.39 is 12.0 Å². The van der Waals surface area contributed by atoms with Gasteiger partial charge in [0.15, 0.2) is 6.39 Å². The second kappa shape index (κ2) is 5.88. The van der Waals surface area contributed by atoms with Gasteiger partial charge in [0.1, 0.15) is 11.8 Å². The molecular weight excluding hydrogens is 256 g/mol. The van der Waals surface area contributed by atoms with E-state index in [-0.39, 0.29) is 0 Å². The number of nitrogens with one attached hydrogen (secondary N) is 1. The van der Waals surface area contributed by atoms with Crippen molar-refractivity contribution < 1.29 is 14.3 Å². The Labute approximate surface area is 117 Å². The second-order valence-corrected chi connectivity index (χ2v) is 4.93. The lowest BCUT2D eigenvalue weighted by Crippen LogP contribution is -2.28. The molecule has 1 heterocycles. The number of oxazole rings is 1. The van der Waals surface area contributed by atoms with Gasteiger partial charge in [-0.25, -0.2) is 4.98 Å². The number of carbonyl (C=O) groups is 1. The maximum atomic E-state index is 11.5. The van der Waals surface area contributed by atoms with Gasteiger partial charge in [-0.2, -0.15) is 0 Å². The largest absolute Gasteiger partial charge is 0.480 e. The number of benzene rings is 1. The van der Waals surface area contributed by atoms with E-state index in [0.29, 0.717) is 12.3 Å². The van der Waals surface area contributed by atoms with E-state index >= 15 is 0 Å². The van der Waals surface area contributed by atoms with Gasteiger partial charge in [0.05, 0.1) is 12.2 Å². The van der Waals surface area contributed by atoms with Crippen LogP contribution in [0.5, 0.6) is 0 Å². The molecule has 0 saturated heterocycles. The fourth-order valence-corrected chi connectivity index (χ4v) is 2.21. The molecule has 0 radical (unpaired) electrons. The lowest BCUT2D eigenvalue weighted by Gasteiger charge is -2.15. The zero-order valence-electron chi connectivity index (χ0n) is 11.8. The van der Waals surface area contributed by atoms with Crippen LogP contribution in [0.1, 0.15) is 34.2 Å². The van der Waals surface area contributed by atoms with E-state index in [1.165, 1.54) is 6.39 Å². The Hall–Kier alpha value is -2.14. The van der Waals surface area contributed by atoms with E-state index in [0.717, 1.165) is 22.4 Å². The van der Waals surface area contributed by atoms with Crippen LogP contribution in [0, 0.1) is 20.8 Å². The van der Waals surface area contributed by atoms with E-state index in [1.54, 1.807) is 0 Å². The second-order valence-electron chi connectivity index (χ2n) is 4.93.